The number of nitro groups is 1. The number of hydrogen-bond donors (Lipinski definition) is 1. The number of non-ortho nitro benzene ring substituents is 1. The first-order valence-corrected chi connectivity index (χ1v) is 12.1. The van der Waals surface area contributed by atoms with Crippen LogP contribution in [0.25, 0.3) is 5.69 Å². The van der Waals surface area contributed by atoms with E-state index in [1.54, 1.807) is 53.7 Å². The van der Waals surface area contributed by atoms with Gasteiger partial charge in [-0.25, -0.2) is 4.68 Å². The normalized spacial score (nSPS) is 10.7. The zero-order chi connectivity index (χ0) is 23.4. The minimum Gasteiger partial charge on any atom is -0.321 e. The number of hydrogen-bond acceptors (Lipinski definition) is 7. The molecule has 33 heavy (non-hydrogen) atoms. The van der Waals surface area contributed by atoms with Crippen LogP contribution in [0.3, 0.4) is 0 Å². The number of nitro benzene ring substituents is 1. The smallest absolute Gasteiger partial charge is 0.271 e. The molecule has 0 unspecified atom stereocenters. The molecule has 0 saturated carbocycles. The Morgan fingerprint density at radius 3 is 2.58 bits per heavy atom. The van der Waals surface area contributed by atoms with Crippen molar-refractivity contribution in [2.45, 2.75) is 17.0 Å². The highest BCUT2D eigenvalue weighted by molar-refractivity contribution is 8.00. The van der Waals surface area contributed by atoms with E-state index in [2.05, 4.69) is 22.5 Å². The molecule has 4 aromatic rings. The van der Waals surface area contributed by atoms with Crippen LogP contribution in [0.15, 0.2) is 77.1 Å². The number of aryl methyl sites for hydroxylation is 1. The summed E-state index contributed by atoms with van der Waals surface area (Å²) in [6, 6.07) is 21.4. The lowest BCUT2D eigenvalue weighted by atomic mass is 10.1. The Labute approximate surface area is 203 Å². The van der Waals surface area contributed by atoms with Gasteiger partial charge in [0.25, 0.3) is 11.6 Å². The van der Waals surface area contributed by atoms with Gasteiger partial charge in [-0.1, -0.05) is 59.5 Å². The molecule has 10 heteroatoms. The molecule has 0 radical (unpaired) electrons. The van der Waals surface area contributed by atoms with E-state index in [-0.39, 0.29) is 11.6 Å². The minimum absolute atomic E-state index is 0.0786. The number of carbonyl (C=O) groups excluding carboxylic acids is 1. The fourth-order valence-electron chi connectivity index (χ4n) is 3.01. The summed E-state index contributed by atoms with van der Waals surface area (Å²) in [7, 11) is 0. The lowest BCUT2D eigenvalue weighted by Gasteiger charge is -2.09. The molecule has 0 aliphatic heterocycles. The van der Waals surface area contributed by atoms with Gasteiger partial charge in [-0.3, -0.25) is 14.9 Å². The van der Waals surface area contributed by atoms with E-state index in [1.807, 2.05) is 18.2 Å². The van der Waals surface area contributed by atoms with E-state index in [1.165, 1.54) is 29.0 Å². The third-order valence-corrected chi connectivity index (χ3v) is 7.23. The monoisotopic (exact) mass is 494 g/mol. The number of anilines is 1. The maximum Gasteiger partial charge on any atom is 0.271 e. The van der Waals surface area contributed by atoms with Crippen LogP contribution in [-0.4, -0.2) is 20.6 Å². The van der Waals surface area contributed by atoms with Gasteiger partial charge in [0.1, 0.15) is 0 Å². The molecule has 0 bridgehead atoms. The van der Waals surface area contributed by atoms with E-state index in [0.29, 0.717) is 15.2 Å². The van der Waals surface area contributed by atoms with Gasteiger partial charge in [0.05, 0.1) is 16.3 Å². The summed E-state index contributed by atoms with van der Waals surface area (Å²) in [6.45, 7) is 1.78. The molecule has 0 spiro atoms. The average molecular weight is 495 g/mol. The van der Waals surface area contributed by atoms with Crippen LogP contribution >= 0.6 is 35.3 Å². The molecule has 1 N–H and O–H groups in total. The predicted octanol–water partition coefficient (Wildman–Crippen LogP) is 6.42. The standard InChI is InChI=1S/C23H18N4O3S3/c1-15-7-10-19(27(29)30)13-20(15)24-21(28)17-8-11-18(12-9-17)26-23(31)33-22(25-26)32-14-16-5-3-2-4-6-16/h2-13H,14H2,1H3,(H,24,28). The fourth-order valence-corrected chi connectivity index (χ4v) is 5.33. The highest BCUT2D eigenvalue weighted by atomic mass is 32.2. The van der Waals surface area contributed by atoms with Crippen LogP contribution < -0.4 is 5.32 Å². The zero-order valence-corrected chi connectivity index (χ0v) is 19.9. The second kappa shape index (κ2) is 10.1. The Morgan fingerprint density at radius 1 is 1.15 bits per heavy atom. The summed E-state index contributed by atoms with van der Waals surface area (Å²) in [5.41, 5.74) is 3.45. The molecular weight excluding hydrogens is 476 g/mol. The number of aromatic nitrogens is 2. The van der Waals surface area contributed by atoms with Crippen LogP contribution in [0, 0.1) is 21.0 Å². The number of nitrogens with one attached hydrogen (secondary N) is 1. The van der Waals surface area contributed by atoms with Gasteiger partial charge < -0.3 is 5.32 Å². The molecule has 0 aliphatic rings. The Morgan fingerprint density at radius 2 is 1.88 bits per heavy atom. The van der Waals surface area contributed by atoms with Gasteiger partial charge in [0.2, 0.25) is 0 Å². The van der Waals surface area contributed by atoms with Crippen molar-refractivity contribution in [2.75, 3.05) is 5.32 Å². The number of thioether (sulfide) groups is 1. The van der Waals surface area contributed by atoms with E-state index >= 15 is 0 Å². The van der Waals surface area contributed by atoms with Gasteiger partial charge in [-0.15, -0.1) is 5.10 Å². The van der Waals surface area contributed by atoms with E-state index in [4.69, 9.17) is 12.2 Å². The summed E-state index contributed by atoms with van der Waals surface area (Å²) in [6.07, 6.45) is 0. The topological polar surface area (TPSA) is 90.1 Å². The summed E-state index contributed by atoms with van der Waals surface area (Å²) < 4.78 is 3.17. The summed E-state index contributed by atoms with van der Waals surface area (Å²) >= 11 is 8.54. The first-order chi connectivity index (χ1) is 15.9. The van der Waals surface area contributed by atoms with Crippen molar-refractivity contribution >= 4 is 52.6 Å². The third kappa shape index (κ3) is 5.54. The SMILES string of the molecule is Cc1ccc([N+](=O)[O-])cc1NC(=O)c1ccc(-n2nc(SCc3ccccc3)sc2=S)cc1. The van der Waals surface area contributed by atoms with Crippen LogP contribution in [0.1, 0.15) is 21.5 Å². The summed E-state index contributed by atoms with van der Waals surface area (Å²) in [5.74, 6) is 0.449. The van der Waals surface area contributed by atoms with Gasteiger partial charge in [0, 0.05) is 23.4 Å². The van der Waals surface area contributed by atoms with Gasteiger partial charge in [-0.2, -0.15) is 0 Å². The van der Waals surface area contributed by atoms with Crippen LogP contribution in [0.2, 0.25) is 0 Å². The molecule has 1 heterocycles. The van der Waals surface area contributed by atoms with Gasteiger partial charge in [0.15, 0.2) is 8.29 Å². The van der Waals surface area contributed by atoms with E-state index in [0.717, 1.165) is 21.3 Å². The van der Waals surface area contributed by atoms with Crippen LogP contribution in [0.4, 0.5) is 11.4 Å². The lowest BCUT2D eigenvalue weighted by Crippen LogP contribution is -2.13. The first kappa shape index (κ1) is 22.8. The molecule has 4 rings (SSSR count). The molecule has 166 valence electrons. The maximum absolute atomic E-state index is 12.7. The molecular formula is C23H18N4O3S3. The molecule has 0 aliphatic carbocycles. The quantitative estimate of drug-likeness (QED) is 0.138. The zero-order valence-electron chi connectivity index (χ0n) is 17.4. The van der Waals surface area contributed by atoms with Crippen molar-refractivity contribution < 1.29 is 9.72 Å². The predicted molar refractivity (Wildman–Crippen MR) is 134 cm³/mol. The molecule has 0 saturated heterocycles. The van der Waals surface area contributed by atoms with Crippen molar-refractivity contribution in [3.63, 3.8) is 0 Å². The number of carbonyl (C=O) groups is 1. The fraction of sp³-hybridized carbons (Fsp3) is 0.0870. The number of nitrogens with zero attached hydrogens (tertiary/aromatic N) is 3. The molecule has 3 aromatic carbocycles. The molecule has 1 aromatic heterocycles. The Kier molecular flexibility index (Phi) is 6.97. The third-order valence-electron chi connectivity index (χ3n) is 4.79. The minimum atomic E-state index is -0.492. The Hall–Kier alpha value is -3.34. The van der Waals surface area contributed by atoms with Gasteiger partial charge >= 0.3 is 0 Å². The first-order valence-electron chi connectivity index (χ1n) is 9.84. The van der Waals surface area contributed by atoms with E-state index in [9.17, 15) is 14.9 Å². The lowest BCUT2D eigenvalue weighted by molar-refractivity contribution is -0.384. The average Bonchev–Trinajstić information content (AvgIpc) is 3.20. The number of rotatable bonds is 7. The Balaban J connectivity index is 1.47. The number of amides is 1. The van der Waals surface area contributed by atoms with Crippen LogP contribution in [-0.2, 0) is 5.75 Å². The molecule has 0 fully saturated rings. The highest BCUT2D eigenvalue weighted by Crippen LogP contribution is 2.27. The summed E-state index contributed by atoms with van der Waals surface area (Å²) in [5, 5.41) is 18.4. The second-order valence-electron chi connectivity index (χ2n) is 7.08. The van der Waals surface area contributed by atoms with Crippen molar-refractivity contribution in [3.05, 3.63) is 104 Å². The van der Waals surface area contributed by atoms with Crippen LogP contribution in [0.5, 0.6) is 0 Å². The van der Waals surface area contributed by atoms with Gasteiger partial charge in [-0.05, 0) is 54.5 Å². The maximum atomic E-state index is 12.7. The van der Waals surface area contributed by atoms with Crippen molar-refractivity contribution in [1.29, 1.82) is 0 Å². The van der Waals surface area contributed by atoms with Crippen molar-refractivity contribution in [3.8, 4) is 5.69 Å². The Bertz CT molecular complexity index is 1370. The van der Waals surface area contributed by atoms with Crippen molar-refractivity contribution in [2.24, 2.45) is 0 Å². The molecule has 0 atom stereocenters. The number of benzene rings is 3. The molecule has 1 amide bonds. The van der Waals surface area contributed by atoms with Crippen molar-refractivity contribution in [1.82, 2.24) is 9.78 Å². The second-order valence-corrected chi connectivity index (χ2v) is 9.92. The largest absolute Gasteiger partial charge is 0.321 e. The van der Waals surface area contributed by atoms with E-state index < -0.39 is 4.92 Å². The summed E-state index contributed by atoms with van der Waals surface area (Å²) in [4.78, 5) is 23.2. The molecule has 7 nitrogen and oxygen atoms in total. The highest BCUT2D eigenvalue weighted by Gasteiger charge is 2.13.